The van der Waals surface area contributed by atoms with Crippen LogP contribution in [0, 0.1) is 0 Å². The fraction of sp³-hybridized carbons (Fsp3) is 0.0909. The highest BCUT2D eigenvalue weighted by atomic mass is 35.5. The Morgan fingerprint density at radius 3 is 2.24 bits per heavy atom. The minimum absolute atomic E-state index is 0.0331. The zero-order valence-corrected chi connectivity index (χ0v) is 20.9. The molecule has 2 heterocycles. The van der Waals surface area contributed by atoms with Gasteiger partial charge in [0, 0.05) is 28.5 Å². The van der Waals surface area contributed by atoms with Crippen LogP contribution in [0.15, 0.2) is 69.9 Å². The molecular weight excluding hydrogens is 519 g/mol. The van der Waals surface area contributed by atoms with Crippen molar-refractivity contribution in [2.75, 3.05) is 11.6 Å². The van der Waals surface area contributed by atoms with E-state index in [-0.39, 0.29) is 41.6 Å². The lowest BCUT2D eigenvalue weighted by atomic mass is 10.1. The molecule has 0 aliphatic carbocycles. The third-order valence-electron chi connectivity index (χ3n) is 4.84. The Hall–Kier alpha value is -2.76. The van der Waals surface area contributed by atoms with E-state index in [9.17, 15) is 17.8 Å². The summed E-state index contributed by atoms with van der Waals surface area (Å²) in [6.45, 7) is 1.32. The molecule has 1 N–H and O–H groups in total. The van der Waals surface area contributed by atoms with E-state index in [2.05, 4.69) is 20.3 Å². The topological polar surface area (TPSA) is 125 Å². The van der Waals surface area contributed by atoms with Crippen molar-refractivity contribution in [3.05, 3.63) is 70.7 Å². The van der Waals surface area contributed by atoms with E-state index < -0.39 is 26.8 Å². The van der Waals surface area contributed by atoms with Gasteiger partial charge in [0.25, 0.3) is 5.03 Å². The van der Waals surface area contributed by atoms with E-state index in [4.69, 9.17) is 23.2 Å². The number of Topliss-reactive ketones (excluding diaryl/α,β-unsaturated/α-hetero) is 1. The summed E-state index contributed by atoms with van der Waals surface area (Å²) < 4.78 is 37.0. The van der Waals surface area contributed by atoms with Crippen molar-refractivity contribution in [1.29, 1.82) is 0 Å². The number of pyridine rings is 1. The number of nitrogens with one attached hydrogen (secondary N) is 1. The van der Waals surface area contributed by atoms with Gasteiger partial charge < -0.3 is 9.87 Å². The normalized spacial score (nSPS) is 12.5. The van der Waals surface area contributed by atoms with Crippen molar-refractivity contribution >= 4 is 72.3 Å². The van der Waals surface area contributed by atoms with Crippen LogP contribution < -0.4 is 5.32 Å². The number of hydrogen-bond donors (Lipinski definition) is 1. The Balaban J connectivity index is 1.99. The molecule has 174 valence electrons. The molecule has 2 aromatic carbocycles. The lowest BCUT2D eigenvalue weighted by Crippen LogP contribution is -2.14. The number of aromatic nitrogens is 3. The number of sulfone groups is 1. The summed E-state index contributed by atoms with van der Waals surface area (Å²) in [5.74, 6) is -0.416. The van der Waals surface area contributed by atoms with Gasteiger partial charge in [-0.2, -0.15) is 4.98 Å². The zero-order chi connectivity index (χ0) is 24.6. The lowest BCUT2D eigenvalue weighted by molar-refractivity contribution is 0.101. The molecule has 4 rings (SSSR count). The largest absolute Gasteiger partial charge is 0.605 e. The van der Waals surface area contributed by atoms with E-state index in [1.165, 1.54) is 37.8 Å². The number of halogens is 2. The molecule has 0 aliphatic rings. The number of anilines is 2. The summed E-state index contributed by atoms with van der Waals surface area (Å²) >= 11 is 11.0. The number of benzene rings is 2. The second-order valence-corrected chi connectivity index (χ2v) is 11.5. The van der Waals surface area contributed by atoms with Crippen molar-refractivity contribution in [2.24, 2.45) is 0 Å². The van der Waals surface area contributed by atoms with E-state index in [1.54, 1.807) is 24.3 Å². The monoisotopic (exact) mass is 534 g/mol. The minimum Gasteiger partial charge on any atom is -0.605 e. The molecule has 2 aromatic heterocycles. The predicted molar refractivity (Wildman–Crippen MR) is 131 cm³/mol. The first-order valence-corrected chi connectivity index (χ1v) is 13.4. The number of carbonyl (C=O) groups is 1. The smallest absolute Gasteiger partial charge is 0.264 e. The molecule has 0 saturated heterocycles. The SMILES string of the molecule is CC(=O)c1c([S+]([O-])c2cncnc2)nc2c(Cl)ccc(Cl)c2c1Nc1ccc(S(C)(=O)=O)cc1. The second-order valence-electron chi connectivity index (χ2n) is 7.24. The van der Waals surface area contributed by atoms with Crippen molar-refractivity contribution in [2.45, 2.75) is 21.7 Å². The number of fused-ring (bicyclic) bond motifs is 1. The van der Waals surface area contributed by atoms with Crippen LogP contribution in [-0.4, -0.2) is 40.0 Å². The fourth-order valence-corrected chi connectivity index (χ4v) is 5.51. The fourth-order valence-electron chi connectivity index (χ4n) is 3.29. The van der Waals surface area contributed by atoms with Gasteiger partial charge in [-0.3, -0.25) is 4.79 Å². The van der Waals surface area contributed by atoms with Gasteiger partial charge in [-0.05, 0) is 43.3 Å². The third-order valence-corrected chi connectivity index (χ3v) is 7.87. The molecule has 1 unspecified atom stereocenters. The summed E-state index contributed by atoms with van der Waals surface area (Å²) in [4.78, 5) is 25.5. The van der Waals surface area contributed by atoms with Crippen molar-refractivity contribution in [3.63, 3.8) is 0 Å². The average molecular weight is 535 g/mol. The van der Waals surface area contributed by atoms with Gasteiger partial charge in [-0.15, -0.1) is 0 Å². The van der Waals surface area contributed by atoms with Crippen molar-refractivity contribution < 1.29 is 17.8 Å². The van der Waals surface area contributed by atoms with Gasteiger partial charge in [-0.1, -0.05) is 23.2 Å². The Labute approximate surface area is 208 Å². The molecular formula is C22H16Cl2N4O4S2. The molecule has 0 radical (unpaired) electrons. The maximum atomic E-state index is 13.4. The van der Waals surface area contributed by atoms with Crippen molar-refractivity contribution in [1.82, 2.24) is 15.0 Å². The standard InChI is InChI=1S/C22H16Cl2N4O4S2/c1-12(29)18-21(27-13-3-5-15(6-4-13)34(2,31)32)19-16(23)7-8-17(24)20(19)28-22(18)33(30)14-9-25-11-26-10-14/h3-11H,1-2H3,(H,27,28). The highest BCUT2D eigenvalue weighted by molar-refractivity contribution is 7.91. The predicted octanol–water partition coefficient (Wildman–Crippen LogP) is 4.85. The van der Waals surface area contributed by atoms with Gasteiger partial charge in [0.1, 0.15) is 11.9 Å². The Morgan fingerprint density at radius 1 is 1.03 bits per heavy atom. The van der Waals surface area contributed by atoms with E-state index in [0.717, 1.165) is 6.26 Å². The summed E-state index contributed by atoms with van der Waals surface area (Å²) in [6, 6.07) is 9.08. The molecule has 12 heteroatoms. The van der Waals surface area contributed by atoms with Gasteiger partial charge in [0.05, 0.1) is 38.5 Å². The summed E-state index contributed by atoms with van der Waals surface area (Å²) in [7, 11) is -3.39. The third kappa shape index (κ3) is 4.73. The first kappa shape index (κ1) is 24.4. The maximum absolute atomic E-state index is 13.4. The van der Waals surface area contributed by atoms with E-state index in [1.807, 2.05) is 0 Å². The molecule has 1 atom stereocenters. The lowest BCUT2D eigenvalue weighted by Gasteiger charge is -2.19. The van der Waals surface area contributed by atoms with Gasteiger partial charge >= 0.3 is 0 Å². The Bertz CT molecular complexity index is 1520. The van der Waals surface area contributed by atoms with Gasteiger partial charge in [0.15, 0.2) is 20.5 Å². The Morgan fingerprint density at radius 2 is 1.65 bits per heavy atom. The first-order valence-electron chi connectivity index (χ1n) is 9.64. The van der Waals surface area contributed by atoms with E-state index >= 15 is 0 Å². The molecule has 34 heavy (non-hydrogen) atoms. The number of carbonyl (C=O) groups excluding carboxylic acids is 1. The average Bonchev–Trinajstić information content (AvgIpc) is 2.80. The highest BCUT2D eigenvalue weighted by Crippen LogP contribution is 2.41. The molecule has 0 fully saturated rings. The zero-order valence-electron chi connectivity index (χ0n) is 17.7. The molecule has 8 nitrogen and oxygen atoms in total. The van der Waals surface area contributed by atoms with Crippen LogP contribution in [0.2, 0.25) is 10.0 Å². The number of rotatable bonds is 6. The second kappa shape index (κ2) is 9.47. The summed E-state index contributed by atoms with van der Waals surface area (Å²) in [6.07, 6.45) is 5.14. The quantitative estimate of drug-likeness (QED) is 0.275. The number of nitrogens with zero attached hydrogens (tertiary/aromatic N) is 3. The molecule has 0 aliphatic heterocycles. The van der Waals surface area contributed by atoms with Gasteiger partial charge in [0.2, 0.25) is 0 Å². The first-order chi connectivity index (χ1) is 16.1. The molecule has 0 saturated carbocycles. The Kier molecular flexibility index (Phi) is 6.79. The highest BCUT2D eigenvalue weighted by Gasteiger charge is 2.30. The molecule has 0 amide bonds. The summed E-state index contributed by atoms with van der Waals surface area (Å²) in [5, 5.41) is 3.96. The minimum atomic E-state index is -3.39. The van der Waals surface area contributed by atoms with Crippen LogP contribution in [0.5, 0.6) is 0 Å². The van der Waals surface area contributed by atoms with Crippen LogP contribution in [0.1, 0.15) is 17.3 Å². The number of ketones is 1. The van der Waals surface area contributed by atoms with Crippen LogP contribution >= 0.6 is 23.2 Å². The molecule has 4 aromatic rings. The molecule has 0 spiro atoms. The van der Waals surface area contributed by atoms with Crippen LogP contribution in [0.25, 0.3) is 10.9 Å². The van der Waals surface area contributed by atoms with E-state index in [0.29, 0.717) is 11.1 Å². The van der Waals surface area contributed by atoms with Crippen molar-refractivity contribution in [3.8, 4) is 0 Å². The number of hydrogen-bond acceptors (Lipinski definition) is 8. The van der Waals surface area contributed by atoms with Gasteiger partial charge in [-0.25, -0.2) is 18.4 Å². The van der Waals surface area contributed by atoms with Crippen LogP contribution in [0.3, 0.4) is 0 Å². The van der Waals surface area contributed by atoms with Crippen LogP contribution in [-0.2, 0) is 21.0 Å². The summed E-state index contributed by atoms with van der Waals surface area (Å²) in [5.41, 5.74) is 1.01. The maximum Gasteiger partial charge on any atom is 0.264 e. The molecule has 0 bridgehead atoms. The van der Waals surface area contributed by atoms with Crippen LogP contribution in [0.4, 0.5) is 11.4 Å².